The molecular formula is C10H22N2O3Si. The van der Waals surface area contributed by atoms with Crippen LogP contribution in [0.5, 0.6) is 0 Å². The molecule has 1 aliphatic rings. The smallest absolute Gasteiger partial charge is 0.228 e. The Balaban J connectivity index is 2.23. The lowest BCUT2D eigenvalue weighted by atomic mass is 10.3. The normalized spacial score (nSPS) is 22.6. The summed E-state index contributed by atoms with van der Waals surface area (Å²) in [4.78, 5) is 12.8. The van der Waals surface area contributed by atoms with E-state index in [-0.39, 0.29) is 12.6 Å². The van der Waals surface area contributed by atoms with Gasteiger partial charge in [-0.3, -0.25) is 15.0 Å². The molecule has 2 N–H and O–H groups in total. The van der Waals surface area contributed by atoms with Crippen LogP contribution in [0, 0.1) is 0 Å². The van der Waals surface area contributed by atoms with Crippen molar-refractivity contribution in [2.45, 2.75) is 38.5 Å². The van der Waals surface area contributed by atoms with E-state index in [9.17, 15) is 9.90 Å². The first-order chi connectivity index (χ1) is 7.40. The van der Waals surface area contributed by atoms with Crippen molar-refractivity contribution in [1.29, 1.82) is 0 Å². The third-order valence-electron chi connectivity index (χ3n) is 2.51. The lowest BCUT2D eigenvalue weighted by Crippen LogP contribution is -2.54. The van der Waals surface area contributed by atoms with Gasteiger partial charge in [-0.1, -0.05) is 19.6 Å². The van der Waals surface area contributed by atoms with Gasteiger partial charge in [-0.05, 0) is 6.04 Å². The quantitative estimate of drug-likeness (QED) is 0.544. The van der Waals surface area contributed by atoms with Gasteiger partial charge in [0.2, 0.25) is 5.91 Å². The van der Waals surface area contributed by atoms with E-state index in [2.05, 4.69) is 25.0 Å². The van der Waals surface area contributed by atoms with E-state index in [0.717, 1.165) is 6.04 Å². The van der Waals surface area contributed by atoms with E-state index in [1.165, 1.54) is 4.90 Å². The van der Waals surface area contributed by atoms with Crippen LogP contribution in [-0.4, -0.2) is 50.2 Å². The summed E-state index contributed by atoms with van der Waals surface area (Å²) >= 11 is 0. The fourth-order valence-corrected chi connectivity index (χ4v) is 2.14. The minimum absolute atomic E-state index is 0.0562. The van der Waals surface area contributed by atoms with Crippen molar-refractivity contribution in [3.05, 3.63) is 0 Å². The molecule has 1 rings (SSSR count). The summed E-state index contributed by atoms with van der Waals surface area (Å²) in [6.45, 7) is 8.20. The Morgan fingerprint density at radius 3 is 2.81 bits per heavy atom. The largest absolute Gasteiger partial charge is 0.361 e. The number of hydrogen-bond acceptors (Lipinski definition) is 4. The lowest BCUT2D eigenvalue weighted by Gasteiger charge is -2.32. The summed E-state index contributed by atoms with van der Waals surface area (Å²) < 4.78 is 5.43. The molecule has 6 heteroatoms. The maximum Gasteiger partial charge on any atom is 0.228 e. The first-order valence-electron chi connectivity index (χ1n) is 5.69. The van der Waals surface area contributed by atoms with E-state index in [4.69, 9.17) is 4.74 Å². The average molecular weight is 246 g/mol. The van der Waals surface area contributed by atoms with Crippen LogP contribution >= 0.6 is 0 Å². The maximum atomic E-state index is 11.5. The van der Waals surface area contributed by atoms with E-state index < -0.39 is 14.4 Å². The Kier molecular flexibility index (Phi) is 4.91. The number of nitrogens with zero attached hydrogens (tertiary/aromatic N) is 1. The van der Waals surface area contributed by atoms with Gasteiger partial charge in [0.05, 0.1) is 0 Å². The number of hydrogen-bond donors (Lipinski definition) is 2. The van der Waals surface area contributed by atoms with Crippen molar-refractivity contribution >= 4 is 14.0 Å². The second-order valence-corrected chi connectivity index (χ2v) is 10.9. The molecule has 0 aromatic carbocycles. The van der Waals surface area contributed by atoms with Gasteiger partial charge in [-0.25, -0.2) is 0 Å². The first-order valence-corrected chi connectivity index (χ1v) is 9.39. The van der Waals surface area contributed by atoms with Gasteiger partial charge in [0.25, 0.3) is 0 Å². The fraction of sp³-hybridized carbons (Fsp3) is 0.900. The molecule has 1 fully saturated rings. The van der Waals surface area contributed by atoms with Crippen molar-refractivity contribution in [2.75, 3.05) is 19.9 Å². The van der Waals surface area contributed by atoms with Crippen molar-refractivity contribution in [1.82, 2.24) is 10.2 Å². The van der Waals surface area contributed by atoms with E-state index >= 15 is 0 Å². The van der Waals surface area contributed by atoms with Crippen LogP contribution in [0.4, 0.5) is 0 Å². The SMILES string of the molecule is C[Si](C)(C)CCOCN1C(=O)CCNC1O. The van der Waals surface area contributed by atoms with Gasteiger partial charge in [-0.2, -0.15) is 0 Å². The minimum Gasteiger partial charge on any atom is -0.361 e. The second kappa shape index (κ2) is 5.76. The zero-order valence-electron chi connectivity index (χ0n) is 10.3. The molecular weight excluding hydrogens is 224 g/mol. The van der Waals surface area contributed by atoms with Crippen LogP contribution in [0.25, 0.3) is 0 Å². The number of amides is 1. The molecule has 1 aliphatic heterocycles. The number of aliphatic hydroxyl groups is 1. The third-order valence-corrected chi connectivity index (χ3v) is 4.21. The number of rotatable bonds is 5. The van der Waals surface area contributed by atoms with Crippen molar-refractivity contribution in [3.63, 3.8) is 0 Å². The van der Waals surface area contributed by atoms with Crippen molar-refractivity contribution in [2.24, 2.45) is 0 Å². The lowest BCUT2D eigenvalue weighted by molar-refractivity contribution is -0.160. The monoisotopic (exact) mass is 246 g/mol. The Morgan fingerprint density at radius 1 is 1.56 bits per heavy atom. The molecule has 1 heterocycles. The number of carbonyl (C=O) groups is 1. The zero-order chi connectivity index (χ0) is 12.2. The maximum absolute atomic E-state index is 11.5. The predicted molar refractivity (Wildman–Crippen MR) is 64.4 cm³/mol. The van der Waals surface area contributed by atoms with Gasteiger partial charge in [0.1, 0.15) is 6.73 Å². The van der Waals surface area contributed by atoms with Crippen LogP contribution in [0.2, 0.25) is 25.7 Å². The van der Waals surface area contributed by atoms with Gasteiger partial charge in [0.15, 0.2) is 6.35 Å². The van der Waals surface area contributed by atoms with Crippen LogP contribution in [-0.2, 0) is 9.53 Å². The summed E-state index contributed by atoms with van der Waals surface area (Å²) in [7, 11) is -1.08. The number of ether oxygens (including phenoxy) is 1. The molecule has 1 unspecified atom stereocenters. The topological polar surface area (TPSA) is 61.8 Å². The molecule has 0 saturated carbocycles. The highest BCUT2D eigenvalue weighted by Crippen LogP contribution is 2.09. The molecule has 5 nitrogen and oxygen atoms in total. The standard InChI is InChI=1S/C10H22N2O3Si/c1-16(2,3)7-6-15-8-12-9(13)4-5-11-10(12)14/h10-11,14H,4-8H2,1-3H3. The molecule has 0 bridgehead atoms. The number of aliphatic hydroxyl groups excluding tert-OH is 1. The highest BCUT2D eigenvalue weighted by atomic mass is 28.3. The van der Waals surface area contributed by atoms with E-state index in [1.54, 1.807) is 0 Å². The number of carbonyl (C=O) groups excluding carboxylic acids is 1. The summed E-state index contributed by atoms with van der Waals surface area (Å²) in [5, 5.41) is 12.3. The van der Waals surface area contributed by atoms with Gasteiger partial charge >= 0.3 is 0 Å². The summed E-state index contributed by atoms with van der Waals surface area (Å²) in [5.41, 5.74) is 0. The minimum atomic E-state index is -1.08. The molecule has 1 amide bonds. The Hall–Kier alpha value is -0.433. The van der Waals surface area contributed by atoms with Gasteiger partial charge in [0, 0.05) is 27.6 Å². The van der Waals surface area contributed by atoms with Crippen LogP contribution in [0.1, 0.15) is 6.42 Å². The summed E-state index contributed by atoms with van der Waals surface area (Å²) in [6, 6.07) is 1.07. The third kappa shape index (κ3) is 4.61. The Morgan fingerprint density at radius 2 is 2.25 bits per heavy atom. The van der Waals surface area contributed by atoms with Gasteiger partial charge in [-0.15, -0.1) is 0 Å². The molecule has 94 valence electrons. The number of nitrogens with one attached hydrogen (secondary N) is 1. The first kappa shape index (κ1) is 13.6. The Bertz CT molecular complexity index is 243. The summed E-state index contributed by atoms with van der Waals surface area (Å²) in [6.07, 6.45) is -0.470. The Labute approximate surface area is 97.8 Å². The molecule has 0 spiro atoms. The molecule has 1 saturated heterocycles. The van der Waals surface area contributed by atoms with E-state index in [1.807, 2.05) is 0 Å². The fourth-order valence-electron chi connectivity index (χ4n) is 1.38. The molecule has 1 atom stereocenters. The molecule has 16 heavy (non-hydrogen) atoms. The van der Waals surface area contributed by atoms with Crippen molar-refractivity contribution < 1.29 is 14.6 Å². The zero-order valence-corrected chi connectivity index (χ0v) is 11.3. The highest BCUT2D eigenvalue weighted by Gasteiger charge is 2.25. The molecule has 0 aliphatic carbocycles. The average Bonchev–Trinajstić information content (AvgIpc) is 2.14. The summed E-state index contributed by atoms with van der Waals surface area (Å²) in [5.74, 6) is -0.0562. The predicted octanol–water partition coefficient (Wildman–Crippen LogP) is 0.396. The van der Waals surface area contributed by atoms with Crippen LogP contribution in [0.15, 0.2) is 0 Å². The van der Waals surface area contributed by atoms with Gasteiger partial charge < -0.3 is 9.84 Å². The highest BCUT2D eigenvalue weighted by molar-refractivity contribution is 6.76. The van der Waals surface area contributed by atoms with E-state index in [0.29, 0.717) is 19.6 Å². The molecule has 0 aromatic rings. The second-order valence-electron chi connectivity index (χ2n) is 5.29. The van der Waals surface area contributed by atoms with Crippen LogP contribution < -0.4 is 5.32 Å². The van der Waals surface area contributed by atoms with Crippen LogP contribution in [0.3, 0.4) is 0 Å². The molecule has 0 aromatic heterocycles. The molecule has 0 radical (unpaired) electrons. The van der Waals surface area contributed by atoms with Crippen molar-refractivity contribution in [3.8, 4) is 0 Å².